The summed E-state index contributed by atoms with van der Waals surface area (Å²) in [5.74, 6) is 18.2. The van der Waals surface area contributed by atoms with Gasteiger partial charge in [0.15, 0.2) is 0 Å². The van der Waals surface area contributed by atoms with Crippen LogP contribution in [-0.2, 0) is 6.18 Å². The summed E-state index contributed by atoms with van der Waals surface area (Å²) < 4.78 is 37.1. The van der Waals surface area contributed by atoms with Gasteiger partial charge in [-0.15, -0.1) is 5.54 Å². The molecule has 1 rings (SSSR count). The van der Waals surface area contributed by atoms with Crippen molar-refractivity contribution in [3.8, 4) is 47.0 Å². The molecule has 0 aliphatic rings. The van der Waals surface area contributed by atoms with Gasteiger partial charge in [-0.25, -0.2) is 0 Å². The molecule has 0 amide bonds. The number of alkyl halides is 3. The van der Waals surface area contributed by atoms with Crippen LogP contribution in [-0.4, -0.2) is 8.07 Å². The number of hydrogen-bond donors (Lipinski definition) is 0. The second kappa shape index (κ2) is 7.47. The Kier molecular flexibility index (Phi) is 5.95. The summed E-state index contributed by atoms with van der Waals surface area (Å²) in [6, 6.07) is 4.59. The van der Waals surface area contributed by atoms with Crippen LogP contribution in [0.5, 0.6) is 0 Å². The SMILES string of the molecule is C[Si](C)(C)C#CC#CC#CC#Cc1ccc(C(F)(F)F)cc1. The molecule has 0 nitrogen and oxygen atoms in total. The Bertz CT molecular complexity index is 763. The second-order valence-electron chi connectivity index (χ2n) is 5.33. The van der Waals surface area contributed by atoms with Crippen LogP contribution in [0.2, 0.25) is 19.6 Å². The normalized spacial score (nSPS) is 9.73. The summed E-state index contributed by atoms with van der Waals surface area (Å²) in [6.45, 7) is 6.34. The molecule has 0 radical (unpaired) electrons. The third-order valence-electron chi connectivity index (χ3n) is 2.17. The van der Waals surface area contributed by atoms with Crippen molar-refractivity contribution in [2.75, 3.05) is 0 Å². The monoisotopic (exact) mass is 314 g/mol. The first-order valence-corrected chi connectivity index (χ1v) is 9.89. The van der Waals surface area contributed by atoms with E-state index >= 15 is 0 Å². The lowest BCUT2D eigenvalue weighted by atomic mass is 10.1. The van der Waals surface area contributed by atoms with Crippen LogP contribution in [0, 0.1) is 47.0 Å². The minimum absolute atomic E-state index is 0.466. The highest BCUT2D eigenvalue weighted by atomic mass is 28.3. The molecule has 1 aromatic rings. The van der Waals surface area contributed by atoms with E-state index < -0.39 is 19.8 Å². The lowest BCUT2D eigenvalue weighted by Gasteiger charge is -2.05. The zero-order chi connectivity index (χ0) is 16.6. The predicted octanol–water partition coefficient (Wildman–Crippen LogP) is 3.94. The quantitative estimate of drug-likeness (QED) is 0.502. The molecule has 22 heavy (non-hydrogen) atoms. The summed E-state index contributed by atoms with van der Waals surface area (Å²) in [5, 5.41) is 0. The van der Waals surface area contributed by atoms with Crippen LogP contribution in [0.25, 0.3) is 0 Å². The summed E-state index contributed by atoms with van der Waals surface area (Å²) in [5.41, 5.74) is 2.84. The van der Waals surface area contributed by atoms with Gasteiger partial charge in [-0.3, -0.25) is 0 Å². The molecule has 110 valence electrons. The van der Waals surface area contributed by atoms with E-state index in [9.17, 15) is 13.2 Å². The molecular weight excluding hydrogens is 301 g/mol. The lowest BCUT2D eigenvalue weighted by molar-refractivity contribution is -0.137. The minimum Gasteiger partial charge on any atom is -0.166 e. The molecule has 4 heteroatoms. The van der Waals surface area contributed by atoms with E-state index in [1.807, 2.05) is 0 Å². The molecule has 0 saturated heterocycles. The molecule has 0 spiro atoms. The molecule has 0 N–H and O–H groups in total. The van der Waals surface area contributed by atoms with Gasteiger partial charge in [0.1, 0.15) is 8.07 Å². The second-order valence-corrected chi connectivity index (χ2v) is 10.1. The topological polar surface area (TPSA) is 0 Å². The maximum atomic E-state index is 12.4. The van der Waals surface area contributed by atoms with Gasteiger partial charge in [0.25, 0.3) is 0 Å². The smallest absolute Gasteiger partial charge is 0.166 e. The van der Waals surface area contributed by atoms with Gasteiger partial charge in [0.05, 0.1) is 5.56 Å². The van der Waals surface area contributed by atoms with Crippen molar-refractivity contribution in [1.82, 2.24) is 0 Å². The predicted molar refractivity (Wildman–Crippen MR) is 85.0 cm³/mol. The molecule has 0 aliphatic heterocycles. The van der Waals surface area contributed by atoms with Gasteiger partial charge >= 0.3 is 6.18 Å². The fourth-order valence-electron chi connectivity index (χ4n) is 1.19. The summed E-state index contributed by atoms with van der Waals surface area (Å²) in [7, 11) is -1.41. The van der Waals surface area contributed by atoms with E-state index in [1.54, 1.807) is 0 Å². The molecule has 0 aliphatic carbocycles. The average Bonchev–Trinajstić information content (AvgIpc) is 2.40. The first-order chi connectivity index (χ1) is 10.2. The Hall–Kier alpha value is -2.53. The molecule has 0 saturated carbocycles. The van der Waals surface area contributed by atoms with Gasteiger partial charge in [0, 0.05) is 5.56 Å². The average molecular weight is 314 g/mol. The highest BCUT2D eigenvalue weighted by Crippen LogP contribution is 2.28. The van der Waals surface area contributed by atoms with Crippen molar-refractivity contribution < 1.29 is 13.2 Å². The van der Waals surface area contributed by atoms with Gasteiger partial charge in [0.2, 0.25) is 0 Å². The van der Waals surface area contributed by atoms with Crippen LogP contribution < -0.4 is 0 Å². The van der Waals surface area contributed by atoms with Gasteiger partial charge in [-0.05, 0) is 59.8 Å². The first kappa shape index (κ1) is 17.5. The van der Waals surface area contributed by atoms with E-state index in [2.05, 4.69) is 66.6 Å². The molecule has 0 atom stereocenters. The van der Waals surface area contributed by atoms with Gasteiger partial charge in [-0.1, -0.05) is 25.6 Å². The molecule has 0 fully saturated rings. The Balaban J connectivity index is 2.68. The van der Waals surface area contributed by atoms with E-state index in [0.717, 1.165) is 12.1 Å². The minimum atomic E-state index is -4.34. The van der Waals surface area contributed by atoms with Gasteiger partial charge < -0.3 is 0 Å². The van der Waals surface area contributed by atoms with E-state index in [-0.39, 0.29) is 0 Å². The zero-order valence-corrected chi connectivity index (χ0v) is 13.4. The third-order valence-corrected chi connectivity index (χ3v) is 3.04. The van der Waals surface area contributed by atoms with Crippen molar-refractivity contribution in [2.24, 2.45) is 0 Å². The molecule has 0 unspecified atom stereocenters. The van der Waals surface area contributed by atoms with Crippen LogP contribution >= 0.6 is 0 Å². The van der Waals surface area contributed by atoms with E-state index in [4.69, 9.17) is 0 Å². The first-order valence-electron chi connectivity index (χ1n) is 6.39. The Morgan fingerprint density at radius 1 is 0.773 bits per heavy atom. The standard InChI is InChI=1S/C18H13F3Si/c1-22(2,3)15-9-7-5-4-6-8-10-16-11-13-17(14-12-16)18(19,20)21/h11-14H,1-3H3. The Morgan fingerprint density at radius 3 is 1.77 bits per heavy atom. The molecular formula is C18H13F3Si. The lowest BCUT2D eigenvalue weighted by Crippen LogP contribution is -2.16. The van der Waals surface area contributed by atoms with E-state index in [1.165, 1.54) is 12.1 Å². The van der Waals surface area contributed by atoms with Crippen LogP contribution in [0.4, 0.5) is 13.2 Å². The maximum Gasteiger partial charge on any atom is 0.416 e. The molecule has 1 aromatic carbocycles. The Morgan fingerprint density at radius 2 is 1.27 bits per heavy atom. The fourth-order valence-corrected chi connectivity index (χ4v) is 1.63. The van der Waals surface area contributed by atoms with Crippen molar-refractivity contribution in [3.05, 3.63) is 35.4 Å². The molecule has 0 bridgehead atoms. The van der Waals surface area contributed by atoms with Crippen molar-refractivity contribution in [2.45, 2.75) is 25.8 Å². The molecule has 0 heterocycles. The van der Waals surface area contributed by atoms with Crippen molar-refractivity contribution >= 4 is 8.07 Å². The van der Waals surface area contributed by atoms with Gasteiger partial charge in [-0.2, -0.15) is 13.2 Å². The Labute approximate surface area is 130 Å². The maximum absolute atomic E-state index is 12.4. The third kappa shape index (κ3) is 7.30. The van der Waals surface area contributed by atoms with Crippen molar-refractivity contribution in [3.63, 3.8) is 0 Å². The fraction of sp³-hybridized carbons (Fsp3) is 0.222. The van der Waals surface area contributed by atoms with E-state index in [0.29, 0.717) is 5.56 Å². The van der Waals surface area contributed by atoms with Crippen LogP contribution in [0.1, 0.15) is 11.1 Å². The number of benzene rings is 1. The number of halogens is 3. The zero-order valence-electron chi connectivity index (χ0n) is 12.4. The molecule has 0 aromatic heterocycles. The number of hydrogen-bond acceptors (Lipinski definition) is 0. The largest absolute Gasteiger partial charge is 0.416 e. The summed E-state index contributed by atoms with van der Waals surface area (Å²) >= 11 is 0. The van der Waals surface area contributed by atoms with Crippen molar-refractivity contribution in [1.29, 1.82) is 0 Å². The van der Waals surface area contributed by atoms with Crippen LogP contribution in [0.15, 0.2) is 24.3 Å². The van der Waals surface area contributed by atoms with Crippen LogP contribution in [0.3, 0.4) is 0 Å². The summed E-state index contributed by atoms with van der Waals surface area (Å²) in [4.78, 5) is 0. The highest BCUT2D eigenvalue weighted by molar-refractivity contribution is 6.83. The summed E-state index contributed by atoms with van der Waals surface area (Å²) in [6.07, 6.45) is -4.34. The highest BCUT2D eigenvalue weighted by Gasteiger charge is 2.29. The number of rotatable bonds is 0.